The first-order chi connectivity index (χ1) is 12.7. The molecule has 4 atom stereocenters. The predicted molar refractivity (Wildman–Crippen MR) is 101 cm³/mol. The Balaban J connectivity index is 1.70. The van der Waals surface area contributed by atoms with Crippen LogP contribution in [0.15, 0.2) is 18.2 Å². The Morgan fingerprint density at radius 1 is 1.19 bits per heavy atom. The van der Waals surface area contributed by atoms with Crippen LogP contribution in [0.3, 0.4) is 0 Å². The van der Waals surface area contributed by atoms with Gasteiger partial charge >= 0.3 is 12.2 Å². The molecule has 1 saturated carbocycles. The van der Waals surface area contributed by atoms with Crippen molar-refractivity contribution in [1.29, 1.82) is 0 Å². The lowest BCUT2D eigenvalue weighted by molar-refractivity contribution is -0.156. The van der Waals surface area contributed by atoms with Crippen molar-refractivity contribution in [2.45, 2.75) is 51.2 Å². The summed E-state index contributed by atoms with van der Waals surface area (Å²) in [6, 6.07) is 4.54. The Hall–Kier alpha value is -1.14. The molecule has 1 heterocycles. The lowest BCUT2D eigenvalue weighted by Gasteiger charge is -2.49. The first kappa shape index (κ1) is 20.6. The third-order valence-corrected chi connectivity index (χ3v) is 6.66. The summed E-state index contributed by atoms with van der Waals surface area (Å²) < 4.78 is 38.8. The maximum atomic E-state index is 12.9. The molecular weight excluding hydrogens is 400 g/mol. The van der Waals surface area contributed by atoms with Gasteiger partial charge in [0.2, 0.25) is 0 Å². The summed E-state index contributed by atoms with van der Waals surface area (Å²) in [5.74, 6) is -0.231. The molecule has 150 valence electrons. The molecule has 0 spiro atoms. The molecule has 1 aliphatic heterocycles. The monoisotopic (exact) mass is 422 g/mol. The van der Waals surface area contributed by atoms with E-state index in [4.69, 9.17) is 23.2 Å². The van der Waals surface area contributed by atoms with Crippen molar-refractivity contribution in [3.05, 3.63) is 28.2 Å². The summed E-state index contributed by atoms with van der Waals surface area (Å²) in [5, 5.41) is 3.46. The van der Waals surface area contributed by atoms with Crippen molar-refractivity contribution in [2.75, 3.05) is 11.9 Å². The molecule has 3 rings (SSSR count). The van der Waals surface area contributed by atoms with E-state index in [2.05, 4.69) is 5.32 Å². The van der Waals surface area contributed by atoms with Crippen LogP contribution < -0.4 is 5.32 Å². The normalized spacial score (nSPS) is 28.6. The van der Waals surface area contributed by atoms with E-state index in [1.165, 1.54) is 0 Å². The summed E-state index contributed by atoms with van der Waals surface area (Å²) in [6.45, 7) is 2.37. The number of hydrogen-bond donors (Lipinski definition) is 1. The molecule has 4 unspecified atom stereocenters. The predicted octanol–water partition coefficient (Wildman–Crippen LogP) is 6.60. The van der Waals surface area contributed by atoms with Gasteiger partial charge in [-0.1, -0.05) is 35.7 Å². The number of para-hydroxylation sites is 1. The van der Waals surface area contributed by atoms with E-state index >= 15 is 0 Å². The van der Waals surface area contributed by atoms with Gasteiger partial charge in [0.15, 0.2) is 0 Å². The quantitative estimate of drug-likeness (QED) is 0.571. The number of anilines is 1. The van der Waals surface area contributed by atoms with Crippen LogP contribution in [-0.2, 0) is 0 Å². The molecule has 1 aliphatic carbocycles. The van der Waals surface area contributed by atoms with E-state index in [0.717, 1.165) is 12.8 Å². The van der Waals surface area contributed by atoms with Gasteiger partial charge in [-0.25, -0.2) is 4.79 Å². The molecule has 27 heavy (non-hydrogen) atoms. The summed E-state index contributed by atoms with van der Waals surface area (Å²) in [6.07, 6.45) is -2.00. The zero-order chi connectivity index (χ0) is 19.8. The van der Waals surface area contributed by atoms with Crippen molar-refractivity contribution in [2.24, 2.45) is 17.8 Å². The van der Waals surface area contributed by atoms with Crippen LogP contribution in [0, 0.1) is 17.8 Å². The second-order valence-corrected chi connectivity index (χ2v) is 8.40. The van der Waals surface area contributed by atoms with Gasteiger partial charge in [-0.05, 0) is 56.1 Å². The number of nitrogens with zero attached hydrogens (tertiary/aromatic N) is 1. The van der Waals surface area contributed by atoms with E-state index in [9.17, 15) is 18.0 Å². The molecule has 1 saturated heterocycles. The van der Waals surface area contributed by atoms with Gasteiger partial charge in [-0.2, -0.15) is 13.2 Å². The first-order valence-electron chi connectivity index (χ1n) is 9.25. The number of nitrogens with one attached hydrogen (secondary N) is 1. The average molecular weight is 423 g/mol. The third-order valence-electron chi connectivity index (χ3n) is 6.03. The highest BCUT2D eigenvalue weighted by atomic mass is 35.5. The van der Waals surface area contributed by atoms with Gasteiger partial charge in [0.25, 0.3) is 0 Å². The second kappa shape index (κ2) is 8.08. The van der Waals surface area contributed by atoms with E-state index in [1.807, 2.05) is 6.92 Å². The Morgan fingerprint density at radius 3 is 2.48 bits per heavy atom. The highest BCUT2D eigenvalue weighted by Crippen LogP contribution is 2.47. The number of benzene rings is 1. The van der Waals surface area contributed by atoms with E-state index in [1.54, 1.807) is 23.1 Å². The minimum atomic E-state index is -4.13. The molecule has 2 aliphatic rings. The summed E-state index contributed by atoms with van der Waals surface area (Å²) in [7, 11) is 0. The number of carbonyl (C=O) groups excluding carboxylic acids is 1. The van der Waals surface area contributed by atoms with Gasteiger partial charge in [0.05, 0.1) is 15.7 Å². The second-order valence-electron chi connectivity index (χ2n) is 7.59. The Bertz CT molecular complexity index is 678. The highest BCUT2D eigenvalue weighted by molar-refractivity contribution is 6.39. The fourth-order valence-corrected chi connectivity index (χ4v) is 5.29. The minimum Gasteiger partial charge on any atom is -0.322 e. The molecule has 3 nitrogen and oxygen atoms in total. The van der Waals surface area contributed by atoms with Crippen LogP contribution in [0.5, 0.6) is 0 Å². The number of alkyl halides is 3. The number of likely N-dealkylation sites (tertiary alicyclic amines) is 1. The number of hydrogen-bond acceptors (Lipinski definition) is 1. The number of fused-ring (bicyclic) bond motifs is 1. The van der Waals surface area contributed by atoms with Crippen molar-refractivity contribution < 1.29 is 18.0 Å². The smallest absolute Gasteiger partial charge is 0.322 e. The average Bonchev–Trinajstić information content (AvgIpc) is 2.58. The third kappa shape index (κ3) is 4.65. The van der Waals surface area contributed by atoms with Crippen LogP contribution in [-0.4, -0.2) is 29.7 Å². The molecule has 8 heteroatoms. The number of piperidine rings is 1. The molecule has 0 aromatic heterocycles. The zero-order valence-corrected chi connectivity index (χ0v) is 16.5. The highest BCUT2D eigenvalue weighted by Gasteiger charge is 2.46. The van der Waals surface area contributed by atoms with Crippen molar-refractivity contribution in [3.63, 3.8) is 0 Å². The number of halogens is 5. The Labute approximate surface area is 167 Å². The summed E-state index contributed by atoms with van der Waals surface area (Å²) >= 11 is 12.2. The lowest BCUT2D eigenvalue weighted by atomic mass is 9.65. The molecular formula is C19H23Cl2F3N2O. The maximum absolute atomic E-state index is 12.9. The zero-order valence-electron chi connectivity index (χ0n) is 15.0. The van der Waals surface area contributed by atoms with Crippen LogP contribution >= 0.6 is 23.2 Å². The number of amides is 2. The molecule has 1 aromatic rings. The maximum Gasteiger partial charge on any atom is 0.389 e. The molecule has 1 aromatic carbocycles. The molecule has 2 fully saturated rings. The summed E-state index contributed by atoms with van der Waals surface area (Å²) in [4.78, 5) is 14.5. The van der Waals surface area contributed by atoms with Crippen LogP contribution in [0.4, 0.5) is 23.7 Å². The number of carbonyl (C=O) groups is 1. The fourth-order valence-electron chi connectivity index (χ4n) is 4.80. The summed E-state index contributed by atoms with van der Waals surface area (Å²) in [5.41, 5.74) is 0.360. The minimum absolute atomic E-state index is 0.0170. The molecule has 2 amide bonds. The van der Waals surface area contributed by atoms with Crippen LogP contribution in [0.2, 0.25) is 10.0 Å². The van der Waals surface area contributed by atoms with Crippen molar-refractivity contribution >= 4 is 34.9 Å². The lowest BCUT2D eigenvalue weighted by Crippen LogP contribution is -2.54. The van der Waals surface area contributed by atoms with Gasteiger partial charge < -0.3 is 10.2 Å². The van der Waals surface area contributed by atoms with E-state index < -0.39 is 12.6 Å². The first-order valence-corrected chi connectivity index (χ1v) is 10.0. The fraction of sp³-hybridized carbons (Fsp3) is 0.632. The SMILES string of the molecule is CC1C2CCCC(CC(F)(F)F)C2CCN1C(=O)Nc1c(Cl)cccc1Cl. The van der Waals surface area contributed by atoms with Crippen LogP contribution in [0.25, 0.3) is 0 Å². The van der Waals surface area contributed by atoms with Gasteiger partial charge in [-0.3, -0.25) is 0 Å². The Kier molecular flexibility index (Phi) is 6.16. The largest absolute Gasteiger partial charge is 0.389 e. The standard InChI is InChI=1S/C19H23Cl2F3N2O/c1-11-13-5-2-4-12(10-19(22,23)24)14(13)8-9-26(11)18(27)25-17-15(20)6-3-7-16(17)21/h3,6-7,11-14H,2,4-5,8-10H2,1H3,(H,25,27). The van der Waals surface area contributed by atoms with Crippen molar-refractivity contribution in [1.82, 2.24) is 4.90 Å². The van der Waals surface area contributed by atoms with Gasteiger partial charge in [0, 0.05) is 19.0 Å². The van der Waals surface area contributed by atoms with Crippen molar-refractivity contribution in [3.8, 4) is 0 Å². The molecule has 0 radical (unpaired) electrons. The topological polar surface area (TPSA) is 32.3 Å². The number of rotatable bonds is 2. The molecule has 0 bridgehead atoms. The molecule has 1 N–H and O–H groups in total. The van der Waals surface area contributed by atoms with E-state index in [0.29, 0.717) is 35.1 Å². The number of urea groups is 1. The van der Waals surface area contributed by atoms with Gasteiger partial charge in [-0.15, -0.1) is 0 Å². The van der Waals surface area contributed by atoms with Crippen LogP contribution in [0.1, 0.15) is 39.0 Å². The Morgan fingerprint density at radius 2 is 1.85 bits per heavy atom. The van der Waals surface area contributed by atoms with Gasteiger partial charge in [0.1, 0.15) is 0 Å². The van der Waals surface area contributed by atoms with E-state index in [-0.39, 0.29) is 29.8 Å².